The van der Waals surface area contributed by atoms with Crippen molar-refractivity contribution in [2.24, 2.45) is 0 Å². The third-order valence-electron chi connectivity index (χ3n) is 2.92. The molecule has 2 aromatic carbocycles. The van der Waals surface area contributed by atoms with Crippen molar-refractivity contribution in [1.29, 1.82) is 5.26 Å². The fourth-order valence-corrected chi connectivity index (χ4v) is 2.38. The average Bonchev–Trinajstić information content (AvgIpc) is 2.76. The summed E-state index contributed by atoms with van der Waals surface area (Å²) in [5.74, 6) is -0.298. The molecule has 0 fully saturated rings. The number of nitriles is 1. The van der Waals surface area contributed by atoms with E-state index in [-0.39, 0.29) is 5.82 Å². The summed E-state index contributed by atoms with van der Waals surface area (Å²) in [5.41, 5.74) is 2.78. The molecule has 0 saturated heterocycles. The molecule has 0 unspecified atom stereocenters. The molecule has 3 rings (SSSR count). The number of aromatic amines is 1. The Labute approximate surface area is 113 Å². The second-order valence-electron chi connectivity index (χ2n) is 4.05. The summed E-state index contributed by atoms with van der Waals surface area (Å²) in [4.78, 5) is 3.02. The van der Waals surface area contributed by atoms with Crippen molar-refractivity contribution < 1.29 is 4.39 Å². The van der Waals surface area contributed by atoms with Gasteiger partial charge in [-0.3, -0.25) is 4.57 Å². The Kier molecular flexibility index (Phi) is 2.65. The van der Waals surface area contributed by atoms with Crippen molar-refractivity contribution >= 4 is 23.3 Å². The van der Waals surface area contributed by atoms with Crippen molar-refractivity contribution in [3.8, 4) is 11.8 Å². The molecular formula is C14H8FN3S. The Morgan fingerprint density at radius 3 is 2.58 bits per heavy atom. The summed E-state index contributed by atoms with van der Waals surface area (Å²) < 4.78 is 15.2. The van der Waals surface area contributed by atoms with Gasteiger partial charge in [-0.25, -0.2) is 4.39 Å². The highest BCUT2D eigenvalue weighted by Gasteiger charge is 2.09. The molecule has 0 aliphatic heterocycles. The molecule has 0 bridgehead atoms. The lowest BCUT2D eigenvalue weighted by Gasteiger charge is -2.04. The van der Waals surface area contributed by atoms with Crippen LogP contribution in [0.3, 0.4) is 0 Å². The number of rotatable bonds is 1. The molecule has 0 spiro atoms. The van der Waals surface area contributed by atoms with Gasteiger partial charge in [-0.05, 0) is 48.6 Å². The standard InChI is InChI=1S/C14H8FN3S/c15-10-4-6-11(7-5-10)18-12-3-1-2-9(8-16)13(12)17-14(18)19/h1-7H,(H,17,19). The van der Waals surface area contributed by atoms with E-state index in [1.54, 1.807) is 28.8 Å². The number of fused-ring (bicyclic) bond motifs is 1. The normalized spacial score (nSPS) is 10.5. The van der Waals surface area contributed by atoms with Crippen LogP contribution in [0.5, 0.6) is 0 Å². The van der Waals surface area contributed by atoms with Crippen LogP contribution in [-0.2, 0) is 0 Å². The van der Waals surface area contributed by atoms with Gasteiger partial charge < -0.3 is 4.98 Å². The Morgan fingerprint density at radius 2 is 1.89 bits per heavy atom. The number of imidazole rings is 1. The predicted molar refractivity (Wildman–Crippen MR) is 73.1 cm³/mol. The van der Waals surface area contributed by atoms with Crippen molar-refractivity contribution in [3.63, 3.8) is 0 Å². The lowest BCUT2D eigenvalue weighted by atomic mass is 10.2. The number of halogens is 1. The molecule has 0 saturated carbocycles. The molecule has 3 nitrogen and oxygen atoms in total. The fourth-order valence-electron chi connectivity index (χ4n) is 2.07. The topological polar surface area (TPSA) is 44.5 Å². The van der Waals surface area contributed by atoms with Crippen LogP contribution in [0, 0.1) is 21.9 Å². The Balaban J connectivity index is 2.36. The summed E-state index contributed by atoms with van der Waals surface area (Å²) in [6, 6.07) is 13.6. The molecule has 0 radical (unpaired) electrons. The molecule has 0 aliphatic carbocycles. The highest BCUT2D eigenvalue weighted by Crippen LogP contribution is 2.22. The minimum absolute atomic E-state index is 0.298. The number of H-pyrrole nitrogens is 1. The van der Waals surface area contributed by atoms with Gasteiger partial charge in [0.15, 0.2) is 4.77 Å². The van der Waals surface area contributed by atoms with Crippen molar-refractivity contribution in [1.82, 2.24) is 9.55 Å². The van der Waals surface area contributed by atoms with Crippen molar-refractivity contribution in [3.05, 3.63) is 58.6 Å². The Morgan fingerprint density at radius 1 is 1.16 bits per heavy atom. The third-order valence-corrected chi connectivity index (χ3v) is 3.21. The van der Waals surface area contributed by atoms with Crippen LogP contribution in [0.2, 0.25) is 0 Å². The largest absolute Gasteiger partial charge is 0.329 e. The minimum atomic E-state index is -0.298. The maximum absolute atomic E-state index is 13.0. The minimum Gasteiger partial charge on any atom is -0.329 e. The first-order chi connectivity index (χ1) is 9.20. The first-order valence-electron chi connectivity index (χ1n) is 5.60. The number of para-hydroxylation sites is 1. The molecule has 0 amide bonds. The van der Waals surface area contributed by atoms with Gasteiger partial charge in [0, 0.05) is 5.69 Å². The van der Waals surface area contributed by atoms with Gasteiger partial charge in [-0.15, -0.1) is 0 Å². The highest BCUT2D eigenvalue weighted by molar-refractivity contribution is 7.71. The average molecular weight is 269 g/mol. The smallest absolute Gasteiger partial charge is 0.182 e. The van der Waals surface area contributed by atoms with Gasteiger partial charge in [-0.2, -0.15) is 5.26 Å². The van der Waals surface area contributed by atoms with Crippen LogP contribution in [0.1, 0.15) is 5.56 Å². The summed E-state index contributed by atoms with van der Waals surface area (Å²) in [7, 11) is 0. The summed E-state index contributed by atoms with van der Waals surface area (Å²) in [6.07, 6.45) is 0. The van der Waals surface area contributed by atoms with Gasteiger partial charge >= 0.3 is 0 Å². The van der Waals surface area contributed by atoms with Crippen molar-refractivity contribution in [2.45, 2.75) is 0 Å². The number of benzene rings is 2. The second kappa shape index (κ2) is 4.34. The molecule has 0 atom stereocenters. The summed E-state index contributed by atoms with van der Waals surface area (Å²) in [5, 5.41) is 9.08. The molecule has 92 valence electrons. The number of hydrogen-bond donors (Lipinski definition) is 1. The van der Waals surface area contributed by atoms with Crippen molar-refractivity contribution in [2.75, 3.05) is 0 Å². The van der Waals surface area contributed by atoms with E-state index >= 15 is 0 Å². The summed E-state index contributed by atoms with van der Waals surface area (Å²) in [6.45, 7) is 0. The zero-order chi connectivity index (χ0) is 13.4. The monoisotopic (exact) mass is 269 g/mol. The van der Waals surface area contributed by atoms with E-state index in [2.05, 4.69) is 11.1 Å². The summed E-state index contributed by atoms with van der Waals surface area (Å²) >= 11 is 5.28. The zero-order valence-corrected chi connectivity index (χ0v) is 10.5. The first-order valence-corrected chi connectivity index (χ1v) is 6.01. The van der Waals surface area contributed by atoms with Crippen LogP contribution >= 0.6 is 12.2 Å². The molecule has 1 heterocycles. The molecule has 5 heteroatoms. The van der Waals surface area contributed by atoms with E-state index in [4.69, 9.17) is 17.5 Å². The Hall–Kier alpha value is -2.45. The van der Waals surface area contributed by atoms with E-state index in [0.29, 0.717) is 15.9 Å². The first kappa shape index (κ1) is 11.6. The van der Waals surface area contributed by atoms with Crippen LogP contribution in [0.4, 0.5) is 4.39 Å². The van der Waals surface area contributed by atoms with Gasteiger partial charge in [0.25, 0.3) is 0 Å². The SMILES string of the molecule is N#Cc1cccc2c1[nH]c(=S)n2-c1ccc(F)cc1. The fraction of sp³-hybridized carbons (Fsp3) is 0. The number of nitrogens with zero attached hydrogens (tertiary/aromatic N) is 2. The number of nitrogens with one attached hydrogen (secondary N) is 1. The number of hydrogen-bond acceptors (Lipinski definition) is 2. The maximum Gasteiger partial charge on any atom is 0.182 e. The molecule has 0 aliphatic rings. The molecule has 3 aromatic rings. The van der Waals surface area contributed by atoms with Crippen LogP contribution < -0.4 is 0 Å². The van der Waals surface area contributed by atoms with E-state index in [1.165, 1.54) is 12.1 Å². The van der Waals surface area contributed by atoms with E-state index in [1.807, 2.05) is 6.07 Å². The van der Waals surface area contributed by atoms with E-state index < -0.39 is 0 Å². The molecule has 1 aromatic heterocycles. The van der Waals surface area contributed by atoms with Gasteiger partial charge in [-0.1, -0.05) is 6.07 Å². The lowest BCUT2D eigenvalue weighted by Crippen LogP contribution is -1.93. The zero-order valence-electron chi connectivity index (χ0n) is 9.72. The Bertz CT molecular complexity index is 853. The second-order valence-corrected chi connectivity index (χ2v) is 4.44. The maximum atomic E-state index is 13.0. The van der Waals surface area contributed by atoms with Crippen LogP contribution in [0.25, 0.3) is 16.7 Å². The molecular weight excluding hydrogens is 261 g/mol. The van der Waals surface area contributed by atoms with E-state index in [9.17, 15) is 4.39 Å². The molecule has 1 N–H and O–H groups in total. The highest BCUT2D eigenvalue weighted by atomic mass is 32.1. The quantitative estimate of drug-likeness (QED) is 0.685. The van der Waals surface area contributed by atoms with E-state index in [0.717, 1.165) is 11.2 Å². The number of aromatic nitrogens is 2. The van der Waals surface area contributed by atoms with Crippen LogP contribution in [0.15, 0.2) is 42.5 Å². The molecule has 19 heavy (non-hydrogen) atoms. The third kappa shape index (κ3) is 1.83. The van der Waals surface area contributed by atoms with Crippen LogP contribution in [-0.4, -0.2) is 9.55 Å². The lowest BCUT2D eigenvalue weighted by molar-refractivity contribution is 0.627. The predicted octanol–water partition coefficient (Wildman–Crippen LogP) is 3.70. The van der Waals surface area contributed by atoms with Gasteiger partial charge in [0.05, 0.1) is 16.6 Å². The van der Waals surface area contributed by atoms with Gasteiger partial charge in [0.1, 0.15) is 11.9 Å². The van der Waals surface area contributed by atoms with Gasteiger partial charge in [0.2, 0.25) is 0 Å².